The Morgan fingerprint density at radius 3 is 2.55 bits per heavy atom. The van der Waals surface area contributed by atoms with Crippen LogP contribution in [0.2, 0.25) is 0 Å². The van der Waals surface area contributed by atoms with Crippen molar-refractivity contribution in [2.75, 3.05) is 33.2 Å². The molecule has 1 unspecified atom stereocenters. The number of hydrogen-bond donors (Lipinski definition) is 1. The van der Waals surface area contributed by atoms with Crippen molar-refractivity contribution >= 4 is 11.8 Å². The molecule has 0 aromatic heterocycles. The van der Waals surface area contributed by atoms with Crippen LogP contribution in [0.4, 0.5) is 0 Å². The fourth-order valence-corrected chi connectivity index (χ4v) is 3.42. The average Bonchev–Trinajstić information content (AvgIpc) is 2.42. The summed E-state index contributed by atoms with van der Waals surface area (Å²) in [7, 11) is 1.91. The predicted molar refractivity (Wildman–Crippen MR) is 78.0 cm³/mol. The van der Waals surface area contributed by atoms with Crippen molar-refractivity contribution in [1.29, 1.82) is 0 Å². The van der Waals surface area contributed by atoms with Crippen LogP contribution < -0.4 is 5.73 Å². The van der Waals surface area contributed by atoms with Crippen LogP contribution in [0.25, 0.3) is 0 Å². The third-order valence-corrected chi connectivity index (χ3v) is 4.75. The molecule has 20 heavy (non-hydrogen) atoms. The maximum Gasteiger partial charge on any atom is 0.222 e. The summed E-state index contributed by atoms with van der Waals surface area (Å²) in [6.45, 7) is 4.26. The molecular weight excluding hydrogens is 254 g/mol. The fourth-order valence-electron chi connectivity index (χ4n) is 3.42. The summed E-state index contributed by atoms with van der Waals surface area (Å²) in [5.41, 5.74) is 5.20. The molecule has 2 heterocycles. The van der Waals surface area contributed by atoms with E-state index in [0.717, 1.165) is 39.0 Å². The van der Waals surface area contributed by atoms with E-state index in [1.54, 1.807) is 0 Å². The highest BCUT2D eigenvalue weighted by Crippen LogP contribution is 2.24. The van der Waals surface area contributed by atoms with Crippen molar-refractivity contribution in [1.82, 2.24) is 9.80 Å². The van der Waals surface area contributed by atoms with Gasteiger partial charge in [-0.15, -0.1) is 0 Å². The smallest absolute Gasteiger partial charge is 0.222 e. The SMILES string of the molecule is CN1CC(CN2CCC(CCC(N)=O)CC2)CCC1=O. The molecule has 0 radical (unpaired) electrons. The van der Waals surface area contributed by atoms with Crippen molar-refractivity contribution in [3.63, 3.8) is 0 Å². The monoisotopic (exact) mass is 281 g/mol. The Labute approximate surface area is 121 Å². The minimum absolute atomic E-state index is 0.178. The third kappa shape index (κ3) is 4.47. The summed E-state index contributed by atoms with van der Waals surface area (Å²) in [4.78, 5) is 26.7. The Bertz CT molecular complexity index is 351. The van der Waals surface area contributed by atoms with Crippen molar-refractivity contribution in [2.24, 2.45) is 17.6 Å². The van der Waals surface area contributed by atoms with Crippen LogP contribution in [0.15, 0.2) is 0 Å². The van der Waals surface area contributed by atoms with E-state index in [1.807, 2.05) is 11.9 Å². The minimum Gasteiger partial charge on any atom is -0.370 e. The molecule has 2 rings (SSSR count). The molecule has 114 valence electrons. The second kappa shape index (κ2) is 7.07. The molecule has 5 nitrogen and oxygen atoms in total. The fraction of sp³-hybridized carbons (Fsp3) is 0.867. The summed E-state index contributed by atoms with van der Waals surface area (Å²) in [5, 5.41) is 0. The van der Waals surface area contributed by atoms with E-state index >= 15 is 0 Å². The zero-order valence-electron chi connectivity index (χ0n) is 12.5. The van der Waals surface area contributed by atoms with Gasteiger partial charge in [0.2, 0.25) is 11.8 Å². The number of carbonyl (C=O) groups is 2. The van der Waals surface area contributed by atoms with Gasteiger partial charge < -0.3 is 15.5 Å². The number of piperidine rings is 2. The Morgan fingerprint density at radius 1 is 1.25 bits per heavy atom. The zero-order chi connectivity index (χ0) is 14.5. The second-order valence-electron chi connectivity index (χ2n) is 6.43. The third-order valence-electron chi connectivity index (χ3n) is 4.75. The lowest BCUT2D eigenvalue weighted by Gasteiger charge is -2.37. The molecule has 2 fully saturated rings. The normalized spacial score (nSPS) is 25.9. The molecule has 0 aromatic carbocycles. The van der Waals surface area contributed by atoms with Crippen molar-refractivity contribution < 1.29 is 9.59 Å². The van der Waals surface area contributed by atoms with E-state index in [-0.39, 0.29) is 11.8 Å². The minimum atomic E-state index is -0.178. The van der Waals surface area contributed by atoms with Gasteiger partial charge >= 0.3 is 0 Å². The zero-order valence-corrected chi connectivity index (χ0v) is 12.5. The van der Waals surface area contributed by atoms with E-state index in [9.17, 15) is 9.59 Å². The van der Waals surface area contributed by atoms with Crippen LogP contribution >= 0.6 is 0 Å². The van der Waals surface area contributed by atoms with E-state index in [4.69, 9.17) is 5.73 Å². The molecule has 0 spiro atoms. The first-order valence-electron chi connectivity index (χ1n) is 7.79. The van der Waals surface area contributed by atoms with Gasteiger partial charge in [0.25, 0.3) is 0 Å². The van der Waals surface area contributed by atoms with E-state index in [1.165, 1.54) is 12.8 Å². The average molecular weight is 281 g/mol. The van der Waals surface area contributed by atoms with Crippen molar-refractivity contribution in [3.8, 4) is 0 Å². The summed E-state index contributed by atoms with van der Waals surface area (Å²) < 4.78 is 0. The maximum atomic E-state index is 11.5. The summed E-state index contributed by atoms with van der Waals surface area (Å²) in [5.74, 6) is 1.39. The molecule has 2 N–H and O–H groups in total. The molecule has 1 atom stereocenters. The molecule has 2 aliphatic heterocycles. The molecule has 0 aromatic rings. The van der Waals surface area contributed by atoms with Crippen LogP contribution in [-0.4, -0.2) is 54.8 Å². The lowest BCUT2D eigenvalue weighted by atomic mass is 9.90. The van der Waals surface area contributed by atoms with Gasteiger partial charge in [-0.25, -0.2) is 0 Å². The van der Waals surface area contributed by atoms with Gasteiger partial charge in [0.05, 0.1) is 0 Å². The second-order valence-corrected chi connectivity index (χ2v) is 6.43. The Hall–Kier alpha value is -1.10. The first-order valence-corrected chi connectivity index (χ1v) is 7.79. The molecule has 0 bridgehead atoms. The molecule has 0 saturated carbocycles. The Balaban J connectivity index is 1.67. The molecule has 0 aliphatic carbocycles. The van der Waals surface area contributed by atoms with Gasteiger partial charge in [-0.3, -0.25) is 9.59 Å². The first-order chi connectivity index (χ1) is 9.54. The van der Waals surface area contributed by atoms with Gasteiger partial charge in [-0.05, 0) is 50.6 Å². The molecular formula is C15H27N3O2. The first kappa shape index (κ1) is 15.3. The molecule has 2 amide bonds. The number of hydrogen-bond acceptors (Lipinski definition) is 3. The van der Waals surface area contributed by atoms with Gasteiger partial charge in [-0.1, -0.05) is 0 Å². The van der Waals surface area contributed by atoms with Gasteiger partial charge in [0.15, 0.2) is 0 Å². The summed E-state index contributed by atoms with van der Waals surface area (Å²) in [6, 6.07) is 0. The van der Waals surface area contributed by atoms with Gasteiger partial charge in [0, 0.05) is 33.0 Å². The topological polar surface area (TPSA) is 66.6 Å². The largest absolute Gasteiger partial charge is 0.370 e. The quantitative estimate of drug-likeness (QED) is 0.812. The lowest BCUT2D eigenvalue weighted by molar-refractivity contribution is -0.133. The number of primary amides is 1. The van der Waals surface area contributed by atoms with Gasteiger partial charge in [0.1, 0.15) is 0 Å². The lowest BCUT2D eigenvalue weighted by Crippen LogP contribution is -2.44. The molecule has 5 heteroatoms. The summed E-state index contributed by atoms with van der Waals surface area (Å²) >= 11 is 0. The number of rotatable bonds is 5. The predicted octanol–water partition coefficient (Wildman–Crippen LogP) is 0.832. The number of nitrogens with zero attached hydrogens (tertiary/aromatic N) is 2. The van der Waals surface area contributed by atoms with E-state index < -0.39 is 0 Å². The van der Waals surface area contributed by atoms with Gasteiger partial charge in [-0.2, -0.15) is 0 Å². The number of carbonyl (C=O) groups excluding carboxylic acids is 2. The number of amides is 2. The Morgan fingerprint density at radius 2 is 1.95 bits per heavy atom. The highest BCUT2D eigenvalue weighted by atomic mass is 16.2. The standard InChI is InChI=1S/C15H27N3O2/c1-17-10-13(3-5-15(17)20)11-18-8-6-12(7-9-18)2-4-14(16)19/h12-13H,2-11H2,1H3,(H2,16,19). The number of likely N-dealkylation sites (tertiary alicyclic amines) is 2. The van der Waals surface area contributed by atoms with Crippen LogP contribution in [0.1, 0.15) is 38.5 Å². The van der Waals surface area contributed by atoms with Crippen molar-refractivity contribution in [3.05, 3.63) is 0 Å². The van der Waals surface area contributed by atoms with Crippen LogP contribution in [-0.2, 0) is 9.59 Å². The Kier molecular flexibility index (Phi) is 5.40. The maximum absolute atomic E-state index is 11.5. The highest BCUT2D eigenvalue weighted by Gasteiger charge is 2.26. The van der Waals surface area contributed by atoms with Crippen molar-refractivity contribution in [2.45, 2.75) is 38.5 Å². The molecule has 2 aliphatic rings. The number of nitrogens with two attached hydrogens (primary N) is 1. The van der Waals surface area contributed by atoms with Crippen LogP contribution in [0.5, 0.6) is 0 Å². The molecule has 2 saturated heterocycles. The van der Waals surface area contributed by atoms with Crippen LogP contribution in [0, 0.1) is 11.8 Å². The van der Waals surface area contributed by atoms with E-state index in [0.29, 0.717) is 24.7 Å². The van der Waals surface area contributed by atoms with Crippen LogP contribution in [0.3, 0.4) is 0 Å². The highest BCUT2D eigenvalue weighted by molar-refractivity contribution is 5.76. The summed E-state index contributed by atoms with van der Waals surface area (Å²) in [6.07, 6.45) is 5.56. The van der Waals surface area contributed by atoms with E-state index in [2.05, 4.69) is 4.90 Å².